The maximum absolute atomic E-state index is 5.88. The molecule has 17 heavy (non-hydrogen) atoms. The molecule has 0 bridgehead atoms. The molecule has 1 unspecified atom stereocenters. The second kappa shape index (κ2) is 4.22. The van der Waals surface area contributed by atoms with Gasteiger partial charge in [-0.3, -0.25) is 4.68 Å². The third-order valence-corrected chi connectivity index (χ3v) is 3.10. The van der Waals surface area contributed by atoms with Crippen LogP contribution in [0.25, 0.3) is 0 Å². The van der Waals surface area contributed by atoms with Gasteiger partial charge in [0.2, 0.25) is 0 Å². The van der Waals surface area contributed by atoms with Gasteiger partial charge in [0, 0.05) is 19.2 Å². The van der Waals surface area contributed by atoms with E-state index in [4.69, 9.17) is 10.5 Å². The average molecular weight is 229 g/mol. The van der Waals surface area contributed by atoms with Gasteiger partial charge in [-0.05, 0) is 17.7 Å². The number of hydrogen-bond donors (Lipinski definition) is 1. The maximum Gasteiger partial charge on any atom is 0.123 e. The fourth-order valence-electron chi connectivity index (χ4n) is 2.25. The van der Waals surface area contributed by atoms with Gasteiger partial charge in [0.1, 0.15) is 11.9 Å². The molecule has 0 radical (unpaired) electrons. The first-order valence-corrected chi connectivity index (χ1v) is 5.82. The van der Waals surface area contributed by atoms with E-state index in [1.165, 1.54) is 5.56 Å². The van der Waals surface area contributed by atoms with Crippen LogP contribution in [0.2, 0.25) is 0 Å². The van der Waals surface area contributed by atoms with Gasteiger partial charge in [-0.2, -0.15) is 5.10 Å². The Balaban J connectivity index is 1.74. The van der Waals surface area contributed by atoms with E-state index in [2.05, 4.69) is 11.2 Å². The van der Waals surface area contributed by atoms with Crippen LogP contribution in [0, 0.1) is 0 Å². The first kappa shape index (κ1) is 10.4. The highest BCUT2D eigenvalue weighted by molar-refractivity contribution is 5.37. The van der Waals surface area contributed by atoms with Crippen LogP contribution in [0.4, 0.5) is 0 Å². The van der Waals surface area contributed by atoms with Crippen LogP contribution in [0.3, 0.4) is 0 Å². The lowest BCUT2D eigenvalue weighted by Gasteiger charge is -2.12. The van der Waals surface area contributed by atoms with Crippen LogP contribution in [-0.4, -0.2) is 15.9 Å². The Kier molecular flexibility index (Phi) is 2.57. The van der Waals surface area contributed by atoms with Gasteiger partial charge in [-0.25, -0.2) is 0 Å². The topological polar surface area (TPSA) is 53.1 Å². The highest BCUT2D eigenvalue weighted by atomic mass is 16.5. The highest BCUT2D eigenvalue weighted by Crippen LogP contribution is 2.28. The van der Waals surface area contributed by atoms with Crippen LogP contribution in [-0.2, 0) is 19.5 Å². The summed E-state index contributed by atoms with van der Waals surface area (Å²) in [5.74, 6) is 0.999. The second-order valence-corrected chi connectivity index (χ2v) is 4.26. The van der Waals surface area contributed by atoms with Crippen molar-refractivity contribution in [3.05, 3.63) is 47.8 Å². The van der Waals surface area contributed by atoms with E-state index < -0.39 is 0 Å². The van der Waals surface area contributed by atoms with Crippen LogP contribution >= 0.6 is 0 Å². The lowest BCUT2D eigenvalue weighted by atomic mass is 10.1. The molecule has 1 aromatic carbocycles. The molecule has 0 spiro atoms. The van der Waals surface area contributed by atoms with Crippen molar-refractivity contribution in [2.24, 2.45) is 5.73 Å². The van der Waals surface area contributed by atoms with Gasteiger partial charge >= 0.3 is 0 Å². The zero-order valence-electron chi connectivity index (χ0n) is 9.54. The Hall–Kier alpha value is -1.81. The first-order valence-electron chi connectivity index (χ1n) is 5.82. The quantitative estimate of drug-likeness (QED) is 0.864. The smallest absolute Gasteiger partial charge is 0.123 e. The van der Waals surface area contributed by atoms with Gasteiger partial charge in [0.25, 0.3) is 0 Å². The van der Waals surface area contributed by atoms with Crippen LogP contribution in [0.1, 0.15) is 11.3 Å². The molecular weight excluding hydrogens is 214 g/mol. The van der Waals surface area contributed by atoms with E-state index in [0.717, 1.165) is 24.4 Å². The molecule has 0 amide bonds. The molecule has 2 aromatic rings. The maximum atomic E-state index is 5.88. The lowest BCUT2D eigenvalue weighted by Crippen LogP contribution is -2.23. The summed E-state index contributed by atoms with van der Waals surface area (Å²) in [5, 5.41) is 4.27. The number of benzene rings is 1. The molecule has 1 aromatic heterocycles. The number of aromatic nitrogens is 2. The summed E-state index contributed by atoms with van der Waals surface area (Å²) >= 11 is 0. The van der Waals surface area contributed by atoms with Crippen LogP contribution < -0.4 is 10.5 Å². The number of rotatable bonds is 3. The van der Waals surface area contributed by atoms with E-state index in [-0.39, 0.29) is 6.10 Å². The van der Waals surface area contributed by atoms with Crippen molar-refractivity contribution >= 4 is 0 Å². The summed E-state index contributed by atoms with van der Waals surface area (Å²) in [6, 6.07) is 10.1. The Morgan fingerprint density at radius 3 is 3.06 bits per heavy atom. The Labute approximate surface area is 100 Å². The third kappa shape index (κ3) is 1.91. The van der Waals surface area contributed by atoms with Crippen molar-refractivity contribution in [3.8, 4) is 5.75 Å². The van der Waals surface area contributed by atoms with Crippen molar-refractivity contribution in [1.29, 1.82) is 0 Å². The largest absolute Gasteiger partial charge is 0.488 e. The van der Waals surface area contributed by atoms with Gasteiger partial charge in [-0.1, -0.05) is 18.2 Å². The van der Waals surface area contributed by atoms with Gasteiger partial charge in [-0.15, -0.1) is 0 Å². The fraction of sp³-hybridized carbons (Fsp3) is 0.308. The molecule has 4 heteroatoms. The number of ether oxygens (including phenoxy) is 1. The number of nitrogens with zero attached hydrogens (tertiary/aromatic N) is 2. The van der Waals surface area contributed by atoms with Crippen LogP contribution in [0.15, 0.2) is 36.5 Å². The minimum Gasteiger partial charge on any atom is -0.488 e. The molecule has 0 fully saturated rings. The monoisotopic (exact) mass is 229 g/mol. The van der Waals surface area contributed by atoms with Crippen molar-refractivity contribution in [3.63, 3.8) is 0 Å². The number of hydrogen-bond acceptors (Lipinski definition) is 3. The van der Waals surface area contributed by atoms with E-state index >= 15 is 0 Å². The summed E-state index contributed by atoms with van der Waals surface area (Å²) in [4.78, 5) is 0. The summed E-state index contributed by atoms with van der Waals surface area (Å²) in [7, 11) is 0. The number of nitrogens with two attached hydrogens (primary N) is 1. The molecule has 4 nitrogen and oxygen atoms in total. The molecule has 3 rings (SSSR count). The molecule has 2 heterocycles. The number of fused-ring (bicyclic) bond motifs is 1. The van der Waals surface area contributed by atoms with E-state index in [0.29, 0.717) is 6.54 Å². The van der Waals surface area contributed by atoms with Gasteiger partial charge in [0.05, 0.1) is 12.2 Å². The molecule has 1 aliphatic rings. The summed E-state index contributed by atoms with van der Waals surface area (Å²) in [6.07, 6.45) is 2.89. The summed E-state index contributed by atoms with van der Waals surface area (Å²) in [6.45, 7) is 1.27. The third-order valence-electron chi connectivity index (χ3n) is 3.10. The molecule has 88 valence electrons. The lowest BCUT2D eigenvalue weighted by molar-refractivity contribution is 0.201. The molecule has 0 saturated heterocycles. The predicted octanol–water partition coefficient (Wildman–Crippen LogP) is 1.35. The van der Waals surface area contributed by atoms with Crippen molar-refractivity contribution in [1.82, 2.24) is 9.78 Å². The Bertz CT molecular complexity index is 496. The van der Waals surface area contributed by atoms with Crippen LogP contribution in [0.5, 0.6) is 5.75 Å². The zero-order chi connectivity index (χ0) is 11.7. The van der Waals surface area contributed by atoms with E-state index in [9.17, 15) is 0 Å². The average Bonchev–Trinajstić information content (AvgIpc) is 2.94. The molecular formula is C13H15N3O. The molecule has 1 atom stereocenters. The summed E-state index contributed by atoms with van der Waals surface area (Å²) < 4.78 is 7.81. The molecule has 0 saturated carbocycles. The predicted molar refractivity (Wildman–Crippen MR) is 64.7 cm³/mol. The van der Waals surface area contributed by atoms with Crippen molar-refractivity contribution in [2.45, 2.75) is 25.6 Å². The Morgan fingerprint density at radius 1 is 1.35 bits per heavy atom. The normalized spacial score (nSPS) is 17.8. The van der Waals surface area contributed by atoms with Gasteiger partial charge < -0.3 is 10.5 Å². The minimum absolute atomic E-state index is 0.164. The Morgan fingerprint density at radius 2 is 2.24 bits per heavy atom. The fourth-order valence-corrected chi connectivity index (χ4v) is 2.25. The van der Waals surface area contributed by atoms with Crippen molar-refractivity contribution < 1.29 is 4.74 Å². The molecule has 0 aliphatic carbocycles. The first-order chi connectivity index (χ1) is 8.36. The minimum atomic E-state index is 0.164. The standard InChI is InChI=1S/C13H15N3O/c14-8-11-5-6-15-16(11)9-12-7-10-3-1-2-4-13(10)17-12/h1-6,12H,7-9,14H2. The molecule has 1 aliphatic heterocycles. The van der Waals surface area contributed by atoms with Crippen molar-refractivity contribution in [2.75, 3.05) is 0 Å². The summed E-state index contributed by atoms with van der Waals surface area (Å²) in [5.41, 5.74) is 7.97. The second-order valence-electron chi connectivity index (χ2n) is 4.26. The highest BCUT2D eigenvalue weighted by Gasteiger charge is 2.23. The van der Waals surface area contributed by atoms with E-state index in [1.54, 1.807) is 6.20 Å². The number of para-hydroxylation sites is 1. The van der Waals surface area contributed by atoms with Gasteiger partial charge in [0.15, 0.2) is 0 Å². The zero-order valence-corrected chi connectivity index (χ0v) is 9.54. The van der Waals surface area contributed by atoms with E-state index in [1.807, 2.05) is 28.9 Å². The SMILES string of the molecule is NCc1ccnn1CC1Cc2ccccc2O1. The molecule has 2 N–H and O–H groups in total.